The highest BCUT2D eigenvalue weighted by Crippen LogP contribution is 2.28. The van der Waals surface area contributed by atoms with Gasteiger partial charge in [0.05, 0.1) is 0 Å². The van der Waals surface area contributed by atoms with Crippen molar-refractivity contribution in [2.24, 2.45) is 11.7 Å². The van der Waals surface area contributed by atoms with Gasteiger partial charge < -0.3 is 5.73 Å². The second kappa shape index (κ2) is 5.08. The SMILES string of the molecule is Cc1cc(Br)cnc1C(C(C)C)C(C)N. The minimum absolute atomic E-state index is 0.136. The highest BCUT2D eigenvalue weighted by molar-refractivity contribution is 9.10. The highest BCUT2D eigenvalue weighted by Gasteiger charge is 2.22. The maximum Gasteiger partial charge on any atom is 0.0482 e. The largest absolute Gasteiger partial charge is 0.327 e. The van der Waals surface area contributed by atoms with Crippen LogP contribution in [0.5, 0.6) is 0 Å². The molecule has 0 bridgehead atoms. The first-order valence-corrected chi connectivity index (χ1v) is 6.10. The van der Waals surface area contributed by atoms with E-state index in [0.29, 0.717) is 11.8 Å². The van der Waals surface area contributed by atoms with Gasteiger partial charge in [-0.05, 0) is 47.3 Å². The van der Waals surface area contributed by atoms with Crippen LogP contribution < -0.4 is 5.73 Å². The molecular weight excluding hydrogens is 252 g/mol. The Hall–Kier alpha value is -0.410. The second-order valence-electron chi connectivity index (χ2n) is 4.48. The Morgan fingerprint density at radius 2 is 1.93 bits per heavy atom. The predicted molar refractivity (Wildman–Crippen MR) is 67.9 cm³/mol. The average Bonchev–Trinajstić information content (AvgIpc) is 2.08. The predicted octanol–water partition coefficient (Wildman–Crippen LogP) is 3.24. The summed E-state index contributed by atoms with van der Waals surface area (Å²) in [7, 11) is 0. The van der Waals surface area contributed by atoms with Crippen molar-refractivity contribution in [1.82, 2.24) is 4.98 Å². The highest BCUT2D eigenvalue weighted by atomic mass is 79.9. The van der Waals surface area contributed by atoms with Gasteiger partial charge in [0.1, 0.15) is 0 Å². The van der Waals surface area contributed by atoms with Crippen molar-refractivity contribution >= 4 is 15.9 Å². The summed E-state index contributed by atoms with van der Waals surface area (Å²) in [6.45, 7) is 8.52. The Morgan fingerprint density at radius 1 is 1.33 bits per heavy atom. The molecule has 0 fully saturated rings. The second-order valence-corrected chi connectivity index (χ2v) is 5.40. The van der Waals surface area contributed by atoms with Gasteiger partial charge >= 0.3 is 0 Å². The van der Waals surface area contributed by atoms with Gasteiger partial charge in [-0.3, -0.25) is 4.98 Å². The van der Waals surface area contributed by atoms with Gasteiger partial charge in [-0.2, -0.15) is 0 Å². The molecule has 15 heavy (non-hydrogen) atoms. The van der Waals surface area contributed by atoms with Gasteiger partial charge in [0.15, 0.2) is 0 Å². The summed E-state index contributed by atoms with van der Waals surface area (Å²) in [5, 5.41) is 0. The smallest absolute Gasteiger partial charge is 0.0482 e. The van der Waals surface area contributed by atoms with E-state index < -0.39 is 0 Å². The lowest BCUT2D eigenvalue weighted by Crippen LogP contribution is -2.29. The monoisotopic (exact) mass is 270 g/mol. The molecule has 1 rings (SSSR count). The number of halogens is 1. The zero-order valence-corrected chi connectivity index (χ0v) is 11.4. The fourth-order valence-electron chi connectivity index (χ4n) is 2.07. The van der Waals surface area contributed by atoms with E-state index >= 15 is 0 Å². The maximum absolute atomic E-state index is 6.02. The van der Waals surface area contributed by atoms with E-state index in [1.54, 1.807) is 0 Å². The Bertz CT molecular complexity index is 326. The van der Waals surface area contributed by atoms with Crippen LogP contribution in [-0.4, -0.2) is 11.0 Å². The molecule has 0 aromatic carbocycles. The Balaban J connectivity index is 3.12. The molecule has 1 heterocycles. The minimum atomic E-state index is 0.136. The van der Waals surface area contributed by atoms with Gasteiger partial charge in [-0.1, -0.05) is 13.8 Å². The van der Waals surface area contributed by atoms with Crippen molar-refractivity contribution in [3.63, 3.8) is 0 Å². The number of pyridine rings is 1. The molecular formula is C12H19BrN2. The first-order valence-electron chi connectivity index (χ1n) is 5.31. The van der Waals surface area contributed by atoms with E-state index in [4.69, 9.17) is 5.73 Å². The van der Waals surface area contributed by atoms with Crippen LogP contribution in [0, 0.1) is 12.8 Å². The third-order valence-corrected chi connectivity index (χ3v) is 3.12. The minimum Gasteiger partial charge on any atom is -0.327 e. The van der Waals surface area contributed by atoms with E-state index in [9.17, 15) is 0 Å². The standard InChI is InChI=1S/C12H19BrN2/c1-7(2)11(9(4)14)12-8(3)5-10(13)6-15-12/h5-7,9,11H,14H2,1-4H3. The lowest BCUT2D eigenvalue weighted by atomic mass is 9.85. The van der Waals surface area contributed by atoms with E-state index in [1.807, 2.05) is 13.1 Å². The maximum atomic E-state index is 6.02. The molecule has 2 N–H and O–H groups in total. The van der Waals surface area contributed by atoms with Crippen LogP contribution in [0.15, 0.2) is 16.7 Å². The molecule has 0 aliphatic carbocycles. The van der Waals surface area contributed by atoms with Crippen molar-refractivity contribution in [2.45, 2.75) is 39.7 Å². The summed E-state index contributed by atoms with van der Waals surface area (Å²) in [6, 6.07) is 2.23. The number of nitrogens with two attached hydrogens (primary N) is 1. The number of hydrogen-bond acceptors (Lipinski definition) is 2. The summed E-state index contributed by atoms with van der Waals surface area (Å²) in [4.78, 5) is 4.49. The Kier molecular flexibility index (Phi) is 4.29. The number of nitrogens with zero attached hydrogens (tertiary/aromatic N) is 1. The van der Waals surface area contributed by atoms with E-state index in [-0.39, 0.29) is 6.04 Å². The lowest BCUT2D eigenvalue weighted by molar-refractivity contribution is 0.425. The van der Waals surface area contributed by atoms with Crippen LogP contribution in [0.3, 0.4) is 0 Å². The molecule has 1 aromatic rings. The summed E-state index contributed by atoms with van der Waals surface area (Å²) in [5.74, 6) is 0.843. The number of rotatable bonds is 3. The van der Waals surface area contributed by atoms with E-state index in [0.717, 1.165) is 10.2 Å². The molecule has 0 radical (unpaired) electrons. The van der Waals surface area contributed by atoms with Crippen molar-refractivity contribution in [1.29, 1.82) is 0 Å². The quantitative estimate of drug-likeness (QED) is 0.916. The van der Waals surface area contributed by atoms with Crippen LogP contribution in [0.25, 0.3) is 0 Å². The van der Waals surface area contributed by atoms with Gasteiger partial charge in [-0.25, -0.2) is 0 Å². The number of aromatic nitrogens is 1. The summed E-state index contributed by atoms with van der Waals surface area (Å²) < 4.78 is 1.02. The van der Waals surface area contributed by atoms with Gasteiger partial charge in [0.25, 0.3) is 0 Å². The van der Waals surface area contributed by atoms with Crippen LogP contribution in [0.1, 0.15) is 37.9 Å². The average molecular weight is 271 g/mol. The third-order valence-electron chi connectivity index (χ3n) is 2.69. The first kappa shape index (κ1) is 12.7. The van der Waals surface area contributed by atoms with Crippen LogP contribution in [-0.2, 0) is 0 Å². The van der Waals surface area contributed by atoms with Crippen LogP contribution >= 0.6 is 15.9 Å². The Labute approximate surface area is 100 Å². The first-order chi connectivity index (χ1) is 6.93. The molecule has 2 atom stereocenters. The Morgan fingerprint density at radius 3 is 2.33 bits per heavy atom. The van der Waals surface area contributed by atoms with E-state index in [1.165, 1.54) is 5.56 Å². The lowest BCUT2D eigenvalue weighted by Gasteiger charge is -2.25. The molecule has 1 aromatic heterocycles. The van der Waals surface area contributed by atoms with Crippen molar-refractivity contribution in [2.75, 3.05) is 0 Å². The van der Waals surface area contributed by atoms with Crippen molar-refractivity contribution in [3.8, 4) is 0 Å². The summed E-state index contributed by atoms with van der Waals surface area (Å²) >= 11 is 3.43. The molecule has 0 aliphatic heterocycles. The zero-order chi connectivity index (χ0) is 11.6. The van der Waals surface area contributed by atoms with Gasteiger partial charge in [-0.15, -0.1) is 0 Å². The van der Waals surface area contributed by atoms with Crippen molar-refractivity contribution < 1.29 is 0 Å². The molecule has 3 heteroatoms. The van der Waals surface area contributed by atoms with Gasteiger partial charge in [0.2, 0.25) is 0 Å². The molecule has 0 amide bonds. The summed E-state index contributed by atoms with van der Waals surface area (Å²) in [5.41, 5.74) is 8.36. The normalized spacial score (nSPS) is 15.4. The fourth-order valence-corrected chi connectivity index (χ4v) is 2.52. The van der Waals surface area contributed by atoms with Crippen LogP contribution in [0.2, 0.25) is 0 Å². The van der Waals surface area contributed by atoms with E-state index in [2.05, 4.69) is 47.8 Å². The topological polar surface area (TPSA) is 38.9 Å². The fraction of sp³-hybridized carbons (Fsp3) is 0.583. The number of aryl methyl sites for hydroxylation is 1. The molecule has 0 saturated heterocycles. The third kappa shape index (κ3) is 3.02. The molecule has 84 valence electrons. The van der Waals surface area contributed by atoms with Gasteiger partial charge in [0, 0.05) is 28.3 Å². The molecule has 0 aliphatic rings. The summed E-state index contributed by atoms with van der Waals surface area (Å²) in [6.07, 6.45) is 1.85. The molecule has 2 nitrogen and oxygen atoms in total. The molecule has 0 saturated carbocycles. The molecule has 2 unspecified atom stereocenters. The zero-order valence-electron chi connectivity index (χ0n) is 9.79. The van der Waals surface area contributed by atoms with Crippen LogP contribution in [0.4, 0.5) is 0 Å². The van der Waals surface area contributed by atoms with Crippen molar-refractivity contribution in [3.05, 3.63) is 28.0 Å². The number of hydrogen-bond donors (Lipinski definition) is 1. The molecule has 0 spiro atoms.